The van der Waals surface area contributed by atoms with Crippen molar-refractivity contribution in [2.45, 2.75) is 5.75 Å². The minimum Gasteiger partial charge on any atom is -0.307 e. The molecule has 0 bridgehead atoms. The maximum absolute atomic E-state index is 11.0. The van der Waals surface area contributed by atoms with Gasteiger partial charge in [0.2, 0.25) is 0 Å². The van der Waals surface area contributed by atoms with Crippen LogP contribution in [0, 0.1) is 0 Å². The van der Waals surface area contributed by atoms with Crippen molar-refractivity contribution >= 4 is 10.1 Å². The lowest BCUT2D eigenvalue weighted by molar-refractivity contribution is 0.328. The second-order valence-electron chi connectivity index (χ2n) is 2.15. The molecular formula is C6H9N3O3S. The van der Waals surface area contributed by atoms with Gasteiger partial charge >= 0.3 is 0 Å². The monoisotopic (exact) mass is 203 g/mol. The summed E-state index contributed by atoms with van der Waals surface area (Å²) >= 11 is 0. The molecule has 0 atom stereocenters. The molecule has 0 aliphatic carbocycles. The van der Waals surface area contributed by atoms with Gasteiger partial charge in [-0.05, 0) is 6.07 Å². The van der Waals surface area contributed by atoms with Crippen LogP contribution in [-0.2, 0) is 20.1 Å². The van der Waals surface area contributed by atoms with Gasteiger partial charge in [0.1, 0.15) is 18.3 Å². The Morgan fingerprint density at radius 1 is 1.38 bits per heavy atom. The third kappa shape index (κ3) is 3.45. The molecule has 1 aromatic rings. The molecule has 7 heteroatoms. The van der Waals surface area contributed by atoms with E-state index in [1.165, 1.54) is 12.4 Å². The van der Waals surface area contributed by atoms with Crippen LogP contribution in [-0.4, -0.2) is 25.1 Å². The van der Waals surface area contributed by atoms with Gasteiger partial charge in [0.05, 0.1) is 0 Å². The first kappa shape index (κ1) is 10.0. The molecule has 0 spiro atoms. The van der Waals surface area contributed by atoms with Crippen LogP contribution in [0.5, 0.6) is 0 Å². The van der Waals surface area contributed by atoms with Crippen LogP contribution in [0.3, 0.4) is 0 Å². The smallest absolute Gasteiger partial charge is 0.275 e. The Hall–Kier alpha value is -1.05. The predicted molar refractivity (Wildman–Crippen MR) is 44.8 cm³/mol. The summed E-state index contributed by atoms with van der Waals surface area (Å²) in [6, 6.07) is 1.60. The lowest BCUT2D eigenvalue weighted by atomic mass is 10.6. The van der Waals surface area contributed by atoms with E-state index in [2.05, 4.69) is 14.2 Å². The fourth-order valence-corrected chi connectivity index (χ4v) is 1.46. The van der Waals surface area contributed by atoms with Crippen LogP contribution in [0.25, 0.3) is 0 Å². The third-order valence-electron chi connectivity index (χ3n) is 1.17. The maximum atomic E-state index is 11.0. The molecule has 1 heterocycles. The highest BCUT2D eigenvalue weighted by molar-refractivity contribution is 7.85. The van der Waals surface area contributed by atoms with Gasteiger partial charge in [-0.25, -0.2) is 9.97 Å². The topological polar surface area (TPSA) is 95.2 Å². The van der Waals surface area contributed by atoms with Crippen molar-refractivity contribution < 1.29 is 12.6 Å². The van der Waals surface area contributed by atoms with Crippen LogP contribution in [0.15, 0.2) is 18.5 Å². The van der Waals surface area contributed by atoms with Gasteiger partial charge in [0, 0.05) is 12.4 Å². The Labute approximate surface area is 75.9 Å². The summed E-state index contributed by atoms with van der Waals surface area (Å²) in [7, 11) is -3.63. The van der Waals surface area contributed by atoms with E-state index in [1.54, 1.807) is 6.07 Å². The van der Waals surface area contributed by atoms with Crippen LogP contribution >= 0.6 is 0 Å². The van der Waals surface area contributed by atoms with E-state index in [-0.39, 0.29) is 18.3 Å². The van der Waals surface area contributed by atoms with Crippen LogP contribution in [0.1, 0.15) is 5.82 Å². The van der Waals surface area contributed by atoms with Crippen LogP contribution in [0.2, 0.25) is 0 Å². The summed E-state index contributed by atoms with van der Waals surface area (Å²) < 4.78 is 26.3. The second-order valence-corrected chi connectivity index (χ2v) is 3.79. The highest BCUT2D eigenvalue weighted by Crippen LogP contribution is 2.00. The largest absolute Gasteiger partial charge is 0.307 e. The van der Waals surface area contributed by atoms with E-state index in [4.69, 9.17) is 5.73 Å². The fraction of sp³-hybridized carbons (Fsp3) is 0.333. The minimum atomic E-state index is -3.63. The standard InChI is InChI=1S/C6H9N3O3S/c7-5-12-13(10,11)4-6-8-2-1-3-9-6/h1-3H,4-5,7H2. The molecule has 0 fully saturated rings. The Morgan fingerprint density at radius 3 is 2.54 bits per heavy atom. The molecule has 13 heavy (non-hydrogen) atoms. The summed E-state index contributed by atoms with van der Waals surface area (Å²) in [5.41, 5.74) is 4.93. The van der Waals surface area contributed by atoms with Gasteiger partial charge < -0.3 is 5.73 Å². The zero-order valence-corrected chi connectivity index (χ0v) is 7.57. The molecule has 0 saturated heterocycles. The van der Waals surface area contributed by atoms with Crippen LogP contribution in [0.4, 0.5) is 0 Å². The molecule has 0 aliphatic heterocycles. The molecule has 0 aromatic carbocycles. The summed E-state index contributed by atoms with van der Waals surface area (Å²) in [5, 5.41) is 0. The van der Waals surface area contributed by atoms with E-state index in [9.17, 15) is 8.42 Å². The van der Waals surface area contributed by atoms with Gasteiger partial charge in [-0.1, -0.05) is 0 Å². The molecule has 1 rings (SSSR count). The van der Waals surface area contributed by atoms with Crippen molar-refractivity contribution in [1.82, 2.24) is 9.97 Å². The lowest BCUT2D eigenvalue weighted by Gasteiger charge is -2.00. The number of nitrogens with two attached hydrogens (primary N) is 1. The van der Waals surface area contributed by atoms with Gasteiger partial charge in [0.25, 0.3) is 10.1 Å². The minimum absolute atomic E-state index is 0.191. The van der Waals surface area contributed by atoms with E-state index < -0.39 is 10.1 Å². The summed E-state index contributed by atoms with van der Waals surface area (Å²) in [6.45, 7) is -0.366. The van der Waals surface area contributed by atoms with E-state index >= 15 is 0 Å². The lowest BCUT2D eigenvalue weighted by Crippen LogP contribution is -2.15. The third-order valence-corrected chi connectivity index (χ3v) is 2.28. The quantitative estimate of drug-likeness (QED) is 0.510. The van der Waals surface area contributed by atoms with Crippen molar-refractivity contribution in [1.29, 1.82) is 0 Å². The molecule has 0 unspecified atom stereocenters. The van der Waals surface area contributed by atoms with Gasteiger partial charge in [-0.15, -0.1) is 0 Å². The zero-order valence-electron chi connectivity index (χ0n) is 6.75. The normalized spacial score (nSPS) is 11.5. The SMILES string of the molecule is NCOS(=O)(=O)Cc1ncccn1. The first-order chi connectivity index (χ1) is 6.14. The van der Waals surface area contributed by atoms with E-state index in [1.807, 2.05) is 0 Å². The highest BCUT2D eigenvalue weighted by atomic mass is 32.2. The summed E-state index contributed by atoms with van der Waals surface area (Å²) in [4.78, 5) is 7.47. The molecule has 6 nitrogen and oxygen atoms in total. The molecule has 72 valence electrons. The Kier molecular flexibility index (Phi) is 3.29. The Morgan fingerprint density at radius 2 is 2.00 bits per heavy atom. The average molecular weight is 203 g/mol. The summed E-state index contributed by atoms with van der Waals surface area (Å²) in [6.07, 6.45) is 2.92. The van der Waals surface area contributed by atoms with Gasteiger partial charge in [0.15, 0.2) is 0 Å². The molecule has 0 amide bonds. The van der Waals surface area contributed by atoms with E-state index in [0.29, 0.717) is 0 Å². The van der Waals surface area contributed by atoms with Crippen molar-refractivity contribution in [2.75, 3.05) is 6.73 Å². The average Bonchev–Trinajstić information content (AvgIpc) is 2.04. The molecular weight excluding hydrogens is 194 g/mol. The molecule has 0 saturated carbocycles. The van der Waals surface area contributed by atoms with Crippen molar-refractivity contribution in [3.05, 3.63) is 24.3 Å². The van der Waals surface area contributed by atoms with Crippen molar-refractivity contribution in [3.63, 3.8) is 0 Å². The Bertz CT molecular complexity index is 351. The fourth-order valence-electron chi connectivity index (χ4n) is 0.708. The van der Waals surface area contributed by atoms with Gasteiger partial charge in [-0.3, -0.25) is 4.18 Å². The highest BCUT2D eigenvalue weighted by Gasteiger charge is 2.12. The molecule has 1 aromatic heterocycles. The molecule has 2 N–H and O–H groups in total. The predicted octanol–water partition coefficient (Wildman–Crippen LogP) is -0.761. The van der Waals surface area contributed by atoms with Crippen molar-refractivity contribution in [3.8, 4) is 0 Å². The Balaban J connectivity index is 2.70. The molecule has 0 aliphatic rings. The number of aromatic nitrogens is 2. The number of nitrogens with zero attached hydrogens (tertiary/aromatic N) is 2. The van der Waals surface area contributed by atoms with Crippen LogP contribution < -0.4 is 5.73 Å². The number of hydrogen-bond acceptors (Lipinski definition) is 6. The number of rotatable bonds is 4. The summed E-state index contributed by atoms with van der Waals surface area (Å²) in [5.74, 6) is -0.165. The first-order valence-corrected chi connectivity index (χ1v) is 5.05. The zero-order chi connectivity index (χ0) is 9.73. The van der Waals surface area contributed by atoms with Crippen molar-refractivity contribution in [2.24, 2.45) is 5.73 Å². The maximum Gasteiger partial charge on any atom is 0.275 e. The molecule has 0 radical (unpaired) electrons. The second kappa shape index (κ2) is 4.26. The first-order valence-electron chi connectivity index (χ1n) is 3.47. The van der Waals surface area contributed by atoms with Gasteiger partial charge in [-0.2, -0.15) is 8.42 Å². The number of hydrogen-bond donors (Lipinski definition) is 1. The van der Waals surface area contributed by atoms with E-state index in [0.717, 1.165) is 0 Å².